The van der Waals surface area contributed by atoms with Crippen molar-refractivity contribution in [2.45, 2.75) is 44.8 Å². The average Bonchev–Trinajstić information content (AvgIpc) is 3.16. The van der Waals surface area contributed by atoms with Crippen LogP contribution >= 0.6 is 0 Å². The SMILES string of the molecule is Cc1cc(CC(=O)N[C@H]2CCC[C@H]2Oc2cn[nH]c2)n(C)n1. The summed E-state index contributed by atoms with van der Waals surface area (Å²) in [5.74, 6) is 0.726. The molecular weight excluding hydrogens is 282 g/mol. The molecule has 1 aliphatic rings. The van der Waals surface area contributed by atoms with Gasteiger partial charge in [-0.1, -0.05) is 0 Å². The number of hydrogen-bond acceptors (Lipinski definition) is 4. The Labute approximate surface area is 129 Å². The van der Waals surface area contributed by atoms with Crippen LogP contribution in [-0.4, -0.2) is 38.0 Å². The Morgan fingerprint density at radius 2 is 2.41 bits per heavy atom. The van der Waals surface area contributed by atoms with E-state index in [0.29, 0.717) is 12.2 Å². The maximum Gasteiger partial charge on any atom is 0.226 e. The number of aromatic amines is 1. The summed E-state index contributed by atoms with van der Waals surface area (Å²) in [7, 11) is 1.86. The lowest BCUT2D eigenvalue weighted by Gasteiger charge is -2.21. The molecule has 3 rings (SSSR count). The maximum absolute atomic E-state index is 12.3. The Balaban J connectivity index is 1.57. The van der Waals surface area contributed by atoms with Gasteiger partial charge in [-0.3, -0.25) is 14.6 Å². The molecule has 0 spiro atoms. The molecule has 0 unspecified atom stereocenters. The van der Waals surface area contributed by atoms with Crippen LogP contribution in [0, 0.1) is 6.92 Å². The number of nitrogens with one attached hydrogen (secondary N) is 2. The highest BCUT2D eigenvalue weighted by molar-refractivity contribution is 5.78. The summed E-state index contributed by atoms with van der Waals surface area (Å²) >= 11 is 0. The number of carbonyl (C=O) groups excluding carboxylic acids is 1. The van der Waals surface area contributed by atoms with Gasteiger partial charge in [0.2, 0.25) is 5.91 Å². The number of amides is 1. The van der Waals surface area contributed by atoms with Gasteiger partial charge in [0.25, 0.3) is 0 Å². The zero-order chi connectivity index (χ0) is 15.5. The number of aryl methyl sites for hydroxylation is 2. The smallest absolute Gasteiger partial charge is 0.226 e. The molecule has 1 amide bonds. The third-order valence-corrected chi connectivity index (χ3v) is 4.00. The maximum atomic E-state index is 12.3. The second-order valence-corrected chi connectivity index (χ2v) is 5.77. The Morgan fingerprint density at radius 1 is 1.55 bits per heavy atom. The minimum absolute atomic E-state index is 0.00910. The Hall–Kier alpha value is -2.31. The van der Waals surface area contributed by atoms with Gasteiger partial charge >= 0.3 is 0 Å². The van der Waals surface area contributed by atoms with Crippen LogP contribution in [0.15, 0.2) is 18.5 Å². The highest BCUT2D eigenvalue weighted by atomic mass is 16.5. The van der Waals surface area contributed by atoms with E-state index < -0.39 is 0 Å². The minimum Gasteiger partial charge on any atom is -0.485 e. The number of nitrogens with zero attached hydrogens (tertiary/aromatic N) is 3. The second-order valence-electron chi connectivity index (χ2n) is 5.77. The van der Waals surface area contributed by atoms with Crippen LogP contribution in [0.25, 0.3) is 0 Å². The molecule has 0 saturated heterocycles. The van der Waals surface area contributed by atoms with Gasteiger partial charge in [0, 0.05) is 12.7 Å². The highest BCUT2D eigenvalue weighted by Gasteiger charge is 2.30. The molecule has 118 valence electrons. The first-order valence-electron chi connectivity index (χ1n) is 7.56. The summed E-state index contributed by atoms with van der Waals surface area (Å²) in [5, 5.41) is 14.0. The van der Waals surface area contributed by atoms with E-state index in [1.54, 1.807) is 17.1 Å². The number of ether oxygens (including phenoxy) is 1. The molecule has 2 atom stereocenters. The normalized spacial score (nSPS) is 21.0. The van der Waals surface area contributed by atoms with Gasteiger partial charge in [0.1, 0.15) is 6.10 Å². The number of carbonyl (C=O) groups is 1. The molecule has 0 aromatic carbocycles. The molecule has 7 nitrogen and oxygen atoms in total. The zero-order valence-electron chi connectivity index (χ0n) is 12.9. The molecule has 7 heteroatoms. The van der Waals surface area contributed by atoms with Crippen LogP contribution in [0.4, 0.5) is 0 Å². The third-order valence-electron chi connectivity index (χ3n) is 4.00. The molecule has 22 heavy (non-hydrogen) atoms. The van der Waals surface area contributed by atoms with E-state index in [-0.39, 0.29) is 18.1 Å². The van der Waals surface area contributed by atoms with Gasteiger partial charge in [-0.05, 0) is 32.3 Å². The van der Waals surface area contributed by atoms with Gasteiger partial charge in [-0.15, -0.1) is 0 Å². The quantitative estimate of drug-likeness (QED) is 0.866. The minimum atomic E-state index is 0.00910. The van der Waals surface area contributed by atoms with Crippen LogP contribution in [0.3, 0.4) is 0 Å². The van der Waals surface area contributed by atoms with Crippen molar-refractivity contribution in [2.24, 2.45) is 7.05 Å². The summed E-state index contributed by atoms with van der Waals surface area (Å²) in [6, 6.07) is 1.99. The first kappa shape index (κ1) is 14.6. The lowest BCUT2D eigenvalue weighted by Crippen LogP contribution is -2.43. The standard InChI is InChI=1S/C15H21N5O2/c1-10-6-11(20(2)19-10)7-15(21)18-13-4-3-5-14(13)22-12-8-16-17-9-12/h6,8-9,13-14H,3-5,7H2,1-2H3,(H,16,17)(H,18,21)/t13-,14+/m0/s1. The Morgan fingerprint density at radius 3 is 3.09 bits per heavy atom. The van der Waals surface area contributed by atoms with E-state index in [2.05, 4.69) is 20.6 Å². The van der Waals surface area contributed by atoms with Crippen LogP contribution in [0.1, 0.15) is 30.7 Å². The summed E-state index contributed by atoms with van der Waals surface area (Å²) in [5.41, 5.74) is 1.84. The molecule has 2 N–H and O–H groups in total. The first-order chi connectivity index (χ1) is 10.6. The molecule has 1 saturated carbocycles. The van der Waals surface area contributed by atoms with Crippen molar-refractivity contribution in [3.63, 3.8) is 0 Å². The van der Waals surface area contributed by atoms with Crippen molar-refractivity contribution in [1.29, 1.82) is 0 Å². The average molecular weight is 303 g/mol. The summed E-state index contributed by atoms with van der Waals surface area (Å²) in [4.78, 5) is 12.3. The van der Waals surface area contributed by atoms with E-state index in [0.717, 1.165) is 30.7 Å². The lowest BCUT2D eigenvalue weighted by molar-refractivity contribution is -0.121. The predicted octanol–water partition coefficient (Wildman–Crippen LogP) is 1.11. The van der Waals surface area contributed by atoms with Crippen molar-refractivity contribution >= 4 is 5.91 Å². The molecule has 0 bridgehead atoms. The molecule has 0 radical (unpaired) electrons. The van der Waals surface area contributed by atoms with Crippen molar-refractivity contribution < 1.29 is 9.53 Å². The Bertz CT molecular complexity index is 634. The molecule has 0 aliphatic heterocycles. The molecule has 2 aromatic heterocycles. The topological polar surface area (TPSA) is 84.8 Å². The highest BCUT2D eigenvalue weighted by Crippen LogP contribution is 2.24. The molecule has 1 aliphatic carbocycles. The number of rotatable bonds is 5. The van der Waals surface area contributed by atoms with Gasteiger partial charge in [0.15, 0.2) is 5.75 Å². The second kappa shape index (κ2) is 6.21. The predicted molar refractivity (Wildman–Crippen MR) is 80.4 cm³/mol. The van der Waals surface area contributed by atoms with E-state index in [1.165, 1.54) is 0 Å². The van der Waals surface area contributed by atoms with E-state index in [4.69, 9.17) is 4.74 Å². The van der Waals surface area contributed by atoms with Crippen LogP contribution in [-0.2, 0) is 18.3 Å². The fraction of sp³-hybridized carbons (Fsp3) is 0.533. The fourth-order valence-electron chi connectivity index (χ4n) is 2.96. The Kier molecular flexibility index (Phi) is 4.13. The number of hydrogen-bond donors (Lipinski definition) is 2. The van der Waals surface area contributed by atoms with Gasteiger partial charge in [0.05, 0.1) is 30.6 Å². The third kappa shape index (κ3) is 3.29. The van der Waals surface area contributed by atoms with Crippen molar-refractivity contribution in [2.75, 3.05) is 0 Å². The monoisotopic (exact) mass is 303 g/mol. The van der Waals surface area contributed by atoms with E-state index in [1.807, 2.05) is 20.0 Å². The van der Waals surface area contributed by atoms with E-state index >= 15 is 0 Å². The van der Waals surface area contributed by atoms with E-state index in [9.17, 15) is 4.79 Å². The van der Waals surface area contributed by atoms with Gasteiger partial charge in [-0.25, -0.2) is 0 Å². The number of H-pyrrole nitrogens is 1. The van der Waals surface area contributed by atoms with Crippen molar-refractivity contribution in [3.8, 4) is 5.75 Å². The van der Waals surface area contributed by atoms with Gasteiger partial charge in [-0.2, -0.15) is 10.2 Å². The first-order valence-corrected chi connectivity index (χ1v) is 7.56. The zero-order valence-corrected chi connectivity index (χ0v) is 12.9. The van der Waals surface area contributed by atoms with Crippen molar-refractivity contribution in [3.05, 3.63) is 29.8 Å². The summed E-state index contributed by atoms with van der Waals surface area (Å²) in [6.45, 7) is 1.92. The molecule has 2 aromatic rings. The summed E-state index contributed by atoms with van der Waals surface area (Å²) < 4.78 is 7.63. The molecular formula is C15H21N5O2. The molecule has 2 heterocycles. The van der Waals surface area contributed by atoms with Crippen LogP contribution < -0.4 is 10.1 Å². The molecule has 1 fully saturated rings. The van der Waals surface area contributed by atoms with Crippen LogP contribution in [0.5, 0.6) is 5.75 Å². The summed E-state index contributed by atoms with van der Waals surface area (Å²) in [6.07, 6.45) is 6.66. The largest absolute Gasteiger partial charge is 0.485 e. The number of aromatic nitrogens is 4. The lowest BCUT2D eigenvalue weighted by atomic mass is 10.2. The fourth-order valence-corrected chi connectivity index (χ4v) is 2.96. The van der Waals surface area contributed by atoms with Gasteiger partial charge < -0.3 is 10.1 Å². The van der Waals surface area contributed by atoms with Crippen LogP contribution in [0.2, 0.25) is 0 Å². The van der Waals surface area contributed by atoms with Crippen molar-refractivity contribution in [1.82, 2.24) is 25.3 Å².